The zero-order chi connectivity index (χ0) is 18.8. The number of aromatic nitrogens is 2. The lowest BCUT2D eigenvalue weighted by Crippen LogP contribution is -2.52. The van der Waals surface area contributed by atoms with Crippen LogP contribution in [0.5, 0.6) is 0 Å². The Morgan fingerprint density at radius 3 is 2.67 bits per heavy atom. The van der Waals surface area contributed by atoms with Gasteiger partial charge < -0.3 is 19.4 Å². The highest BCUT2D eigenvalue weighted by Crippen LogP contribution is 2.27. The molecule has 2 aliphatic heterocycles. The summed E-state index contributed by atoms with van der Waals surface area (Å²) in [6.45, 7) is 4.06. The van der Waals surface area contributed by atoms with Gasteiger partial charge in [0.2, 0.25) is 0 Å². The maximum Gasteiger partial charge on any atom is 0.320 e. The number of urea groups is 1. The number of hydrogen-bond donors (Lipinski definition) is 0. The van der Waals surface area contributed by atoms with Gasteiger partial charge >= 0.3 is 6.03 Å². The molecule has 0 bridgehead atoms. The van der Waals surface area contributed by atoms with Crippen molar-refractivity contribution in [3.8, 4) is 0 Å². The molecule has 27 heavy (non-hydrogen) atoms. The molecule has 1 aromatic heterocycles. The van der Waals surface area contributed by atoms with Crippen molar-refractivity contribution in [2.24, 2.45) is 0 Å². The first-order chi connectivity index (χ1) is 13.1. The summed E-state index contributed by atoms with van der Waals surface area (Å²) in [5, 5.41) is 0.730. The van der Waals surface area contributed by atoms with Gasteiger partial charge in [0.25, 0.3) is 0 Å². The molecule has 4 rings (SSSR count). The summed E-state index contributed by atoms with van der Waals surface area (Å²) in [4.78, 5) is 27.2. The van der Waals surface area contributed by atoms with Crippen LogP contribution in [0, 0.1) is 5.82 Å². The van der Waals surface area contributed by atoms with Crippen molar-refractivity contribution < 1.29 is 13.9 Å². The first-order valence-electron chi connectivity index (χ1n) is 9.38. The van der Waals surface area contributed by atoms with Crippen LogP contribution in [0.2, 0.25) is 0 Å². The van der Waals surface area contributed by atoms with Crippen LogP contribution in [-0.2, 0) is 4.74 Å². The molecule has 0 aliphatic carbocycles. The van der Waals surface area contributed by atoms with Crippen LogP contribution in [0.25, 0.3) is 10.9 Å². The smallest absolute Gasteiger partial charge is 0.320 e. The number of carbonyl (C=O) groups excluding carboxylic acids is 1. The Balaban J connectivity index is 1.43. The molecule has 2 aromatic rings. The second-order valence-corrected chi connectivity index (χ2v) is 7.07. The number of piperidine rings is 1. The van der Waals surface area contributed by atoms with E-state index in [1.54, 1.807) is 6.07 Å². The zero-order valence-electron chi connectivity index (χ0n) is 15.5. The van der Waals surface area contributed by atoms with E-state index in [0.29, 0.717) is 26.3 Å². The Bertz CT molecular complexity index is 819. The number of ether oxygens (including phenoxy) is 1. The molecule has 3 heterocycles. The third-order valence-electron chi connectivity index (χ3n) is 5.47. The van der Waals surface area contributed by atoms with Crippen molar-refractivity contribution in [3.05, 3.63) is 30.3 Å². The molecule has 0 atom stereocenters. The van der Waals surface area contributed by atoms with E-state index in [9.17, 15) is 9.18 Å². The Labute approximate surface area is 157 Å². The predicted octanol–water partition coefficient (Wildman–Crippen LogP) is 2.12. The van der Waals surface area contributed by atoms with Crippen LogP contribution in [-0.4, -0.2) is 78.3 Å². The topological polar surface area (TPSA) is 61.8 Å². The van der Waals surface area contributed by atoms with Gasteiger partial charge in [0.1, 0.15) is 18.0 Å². The van der Waals surface area contributed by atoms with Gasteiger partial charge in [0, 0.05) is 44.7 Å². The standard InChI is InChI=1S/C19H24FN5O2/c1-23(19(26)25-8-10-27-11-9-25)15-4-6-24(7-5-15)18-16-12-14(20)2-3-17(16)21-13-22-18/h2-3,12-13,15H,4-11H2,1H3. The third kappa shape index (κ3) is 3.66. The maximum atomic E-state index is 13.7. The number of morpholine rings is 1. The normalized spacial score (nSPS) is 18.7. The van der Waals surface area contributed by atoms with Crippen LogP contribution < -0.4 is 4.90 Å². The largest absolute Gasteiger partial charge is 0.378 e. The first-order valence-corrected chi connectivity index (χ1v) is 9.38. The average Bonchev–Trinajstić information content (AvgIpc) is 2.73. The molecule has 0 N–H and O–H groups in total. The van der Waals surface area contributed by atoms with E-state index in [-0.39, 0.29) is 17.9 Å². The van der Waals surface area contributed by atoms with E-state index in [4.69, 9.17) is 4.74 Å². The van der Waals surface area contributed by atoms with Crippen LogP contribution in [0.3, 0.4) is 0 Å². The highest BCUT2D eigenvalue weighted by Gasteiger charge is 2.29. The van der Waals surface area contributed by atoms with Gasteiger partial charge in [0.15, 0.2) is 0 Å². The van der Waals surface area contributed by atoms with E-state index < -0.39 is 0 Å². The minimum absolute atomic E-state index is 0.0753. The predicted molar refractivity (Wildman–Crippen MR) is 100 cm³/mol. The Kier molecular flexibility index (Phi) is 5.07. The van der Waals surface area contributed by atoms with Crippen molar-refractivity contribution in [2.45, 2.75) is 18.9 Å². The highest BCUT2D eigenvalue weighted by atomic mass is 19.1. The fourth-order valence-corrected chi connectivity index (χ4v) is 3.87. The number of fused-ring (bicyclic) bond motifs is 1. The SMILES string of the molecule is CN(C(=O)N1CCOCC1)C1CCN(c2ncnc3ccc(F)cc23)CC1. The molecule has 2 aliphatic rings. The molecule has 0 saturated carbocycles. The summed E-state index contributed by atoms with van der Waals surface area (Å²) in [5.74, 6) is 0.476. The number of halogens is 1. The Morgan fingerprint density at radius 2 is 1.93 bits per heavy atom. The fraction of sp³-hybridized carbons (Fsp3) is 0.526. The molecule has 0 unspecified atom stereocenters. The minimum atomic E-state index is -0.288. The highest BCUT2D eigenvalue weighted by molar-refractivity contribution is 5.89. The van der Waals surface area contributed by atoms with Gasteiger partial charge in [-0.05, 0) is 31.0 Å². The second-order valence-electron chi connectivity index (χ2n) is 7.07. The molecule has 8 heteroatoms. The molecular weight excluding hydrogens is 349 g/mol. The summed E-state index contributed by atoms with van der Waals surface area (Å²) in [5.41, 5.74) is 0.739. The number of rotatable bonds is 2. The van der Waals surface area contributed by atoms with Crippen molar-refractivity contribution in [1.82, 2.24) is 19.8 Å². The molecule has 0 radical (unpaired) electrons. The number of anilines is 1. The van der Waals surface area contributed by atoms with Gasteiger partial charge in [-0.15, -0.1) is 0 Å². The van der Waals surface area contributed by atoms with E-state index >= 15 is 0 Å². The maximum absolute atomic E-state index is 13.7. The lowest BCUT2D eigenvalue weighted by Gasteiger charge is -2.40. The molecule has 1 aromatic carbocycles. The molecule has 2 amide bonds. The Morgan fingerprint density at radius 1 is 1.19 bits per heavy atom. The summed E-state index contributed by atoms with van der Waals surface area (Å²) in [7, 11) is 1.88. The van der Waals surface area contributed by atoms with Crippen molar-refractivity contribution >= 4 is 22.8 Å². The lowest BCUT2D eigenvalue weighted by molar-refractivity contribution is 0.0409. The van der Waals surface area contributed by atoms with E-state index in [2.05, 4.69) is 14.9 Å². The summed E-state index contributed by atoms with van der Waals surface area (Å²) in [6.07, 6.45) is 3.23. The van der Waals surface area contributed by atoms with Crippen LogP contribution in [0.1, 0.15) is 12.8 Å². The molecule has 2 fully saturated rings. The number of benzene rings is 1. The molecule has 2 saturated heterocycles. The van der Waals surface area contributed by atoms with Gasteiger partial charge in [-0.3, -0.25) is 0 Å². The van der Waals surface area contributed by atoms with Crippen LogP contribution in [0.4, 0.5) is 15.0 Å². The number of carbonyl (C=O) groups is 1. The minimum Gasteiger partial charge on any atom is -0.378 e. The third-order valence-corrected chi connectivity index (χ3v) is 5.47. The summed E-state index contributed by atoms with van der Waals surface area (Å²) in [6, 6.07) is 4.85. The van der Waals surface area contributed by atoms with Gasteiger partial charge in [-0.25, -0.2) is 19.2 Å². The van der Waals surface area contributed by atoms with Crippen molar-refractivity contribution in [2.75, 3.05) is 51.3 Å². The van der Waals surface area contributed by atoms with Gasteiger partial charge in [-0.2, -0.15) is 0 Å². The van der Waals surface area contributed by atoms with Gasteiger partial charge in [-0.1, -0.05) is 0 Å². The van der Waals surface area contributed by atoms with Gasteiger partial charge in [0.05, 0.1) is 18.7 Å². The lowest BCUT2D eigenvalue weighted by atomic mass is 10.0. The first kappa shape index (κ1) is 17.9. The molecule has 7 nitrogen and oxygen atoms in total. The molecule has 144 valence electrons. The second kappa shape index (κ2) is 7.64. The monoisotopic (exact) mass is 373 g/mol. The van der Waals surface area contributed by atoms with E-state index in [0.717, 1.165) is 42.7 Å². The van der Waals surface area contributed by atoms with E-state index in [1.807, 2.05) is 16.8 Å². The van der Waals surface area contributed by atoms with Crippen LogP contribution >= 0.6 is 0 Å². The number of nitrogens with zero attached hydrogens (tertiary/aromatic N) is 5. The van der Waals surface area contributed by atoms with E-state index in [1.165, 1.54) is 18.5 Å². The van der Waals surface area contributed by atoms with Crippen molar-refractivity contribution in [1.29, 1.82) is 0 Å². The fourth-order valence-electron chi connectivity index (χ4n) is 3.87. The number of amides is 2. The quantitative estimate of drug-likeness (QED) is 0.807. The summed E-state index contributed by atoms with van der Waals surface area (Å²) < 4.78 is 19.0. The van der Waals surface area contributed by atoms with Crippen LogP contribution in [0.15, 0.2) is 24.5 Å². The van der Waals surface area contributed by atoms with Crippen molar-refractivity contribution in [3.63, 3.8) is 0 Å². The zero-order valence-corrected chi connectivity index (χ0v) is 15.5. The summed E-state index contributed by atoms with van der Waals surface area (Å²) >= 11 is 0. The Hall–Kier alpha value is -2.48. The average molecular weight is 373 g/mol. The number of hydrogen-bond acceptors (Lipinski definition) is 5. The molecular formula is C19H24FN5O2. The molecule has 0 spiro atoms.